The number of carbonyl (C=O) groups excluding carboxylic acids is 1. The van der Waals surface area contributed by atoms with Gasteiger partial charge in [0.05, 0.1) is 5.56 Å². The van der Waals surface area contributed by atoms with E-state index in [0.29, 0.717) is 5.56 Å². The van der Waals surface area contributed by atoms with Gasteiger partial charge in [-0.3, -0.25) is 4.79 Å². The first-order chi connectivity index (χ1) is 7.95. The minimum absolute atomic E-state index is 0.120. The fraction of sp³-hybridized carbons (Fsp3) is 0.333. The smallest absolute Gasteiger partial charge is 0.335 e. The highest BCUT2D eigenvalue weighted by molar-refractivity contribution is 5.90. The monoisotopic (exact) mass is 236 g/mol. The second-order valence-electron chi connectivity index (χ2n) is 3.82. The van der Waals surface area contributed by atoms with Gasteiger partial charge in [0.1, 0.15) is 6.04 Å². The molecule has 0 fully saturated rings. The number of carboxylic acids is 1. The van der Waals surface area contributed by atoms with Crippen molar-refractivity contribution in [1.82, 2.24) is 5.32 Å². The molecule has 0 heterocycles. The van der Waals surface area contributed by atoms with E-state index in [0.717, 1.165) is 5.69 Å². The van der Waals surface area contributed by atoms with Crippen LogP contribution in [-0.4, -0.2) is 30.1 Å². The molecule has 92 valence electrons. The van der Waals surface area contributed by atoms with Crippen molar-refractivity contribution in [2.45, 2.75) is 19.9 Å². The van der Waals surface area contributed by atoms with Gasteiger partial charge in [0.2, 0.25) is 5.91 Å². The van der Waals surface area contributed by atoms with Crippen molar-refractivity contribution in [2.75, 3.05) is 12.4 Å². The molecule has 1 aromatic carbocycles. The summed E-state index contributed by atoms with van der Waals surface area (Å²) < 4.78 is 0. The SMILES string of the molecule is CNC(=O)C(C)Nc1ccc(C(=O)O)c(C)c1. The van der Waals surface area contributed by atoms with Crippen LogP contribution < -0.4 is 10.6 Å². The van der Waals surface area contributed by atoms with Crippen LogP contribution in [0.2, 0.25) is 0 Å². The summed E-state index contributed by atoms with van der Waals surface area (Å²) in [5.41, 5.74) is 1.65. The maximum Gasteiger partial charge on any atom is 0.335 e. The molecule has 1 atom stereocenters. The highest BCUT2D eigenvalue weighted by atomic mass is 16.4. The number of aryl methyl sites for hydroxylation is 1. The van der Waals surface area contributed by atoms with Crippen LogP contribution in [0.3, 0.4) is 0 Å². The second-order valence-corrected chi connectivity index (χ2v) is 3.82. The first kappa shape index (κ1) is 13.0. The predicted molar refractivity (Wildman–Crippen MR) is 65.3 cm³/mol. The first-order valence-corrected chi connectivity index (χ1v) is 5.27. The van der Waals surface area contributed by atoms with Crippen molar-refractivity contribution in [3.8, 4) is 0 Å². The maximum absolute atomic E-state index is 11.3. The molecule has 0 aliphatic carbocycles. The van der Waals surface area contributed by atoms with E-state index < -0.39 is 5.97 Å². The number of amides is 1. The predicted octanol–water partition coefficient (Wildman–Crippen LogP) is 1.24. The molecule has 0 aliphatic heterocycles. The average molecular weight is 236 g/mol. The fourth-order valence-electron chi connectivity index (χ4n) is 1.53. The Morgan fingerprint density at radius 3 is 2.47 bits per heavy atom. The molecule has 1 rings (SSSR count). The summed E-state index contributed by atoms with van der Waals surface area (Å²) in [5.74, 6) is -1.07. The number of benzene rings is 1. The summed E-state index contributed by atoms with van der Waals surface area (Å²) in [5, 5.41) is 14.4. The van der Waals surface area contributed by atoms with Gasteiger partial charge in [-0.2, -0.15) is 0 Å². The Morgan fingerprint density at radius 1 is 1.35 bits per heavy atom. The summed E-state index contributed by atoms with van der Waals surface area (Å²) in [4.78, 5) is 22.1. The Hall–Kier alpha value is -2.04. The Balaban J connectivity index is 2.84. The number of nitrogens with one attached hydrogen (secondary N) is 2. The minimum Gasteiger partial charge on any atom is -0.478 e. The number of hydrogen-bond donors (Lipinski definition) is 3. The van der Waals surface area contributed by atoms with Gasteiger partial charge in [-0.15, -0.1) is 0 Å². The van der Waals surface area contributed by atoms with Gasteiger partial charge in [-0.25, -0.2) is 4.79 Å². The van der Waals surface area contributed by atoms with Crippen LogP contribution in [-0.2, 0) is 4.79 Å². The zero-order valence-electron chi connectivity index (χ0n) is 10.1. The van der Waals surface area contributed by atoms with Crippen molar-refractivity contribution in [3.63, 3.8) is 0 Å². The van der Waals surface area contributed by atoms with Crippen LogP contribution >= 0.6 is 0 Å². The number of carbonyl (C=O) groups is 2. The number of likely N-dealkylation sites (N-methyl/N-ethyl adjacent to an activating group) is 1. The quantitative estimate of drug-likeness (QED) is 0.735. The molecule has 0 aliphatic rings. The molecule has 5 nitrogen and oxygen atoms in total. The van der Waals surface area contributed by atoms with E-state index >= 15 is 0 Å². The topological polar surface area (TPSA) is 78.4 Å². The molecule has 0 bridgehead atoms. The van der Waals surface area contributed by atoms with Crippen LogP contribution in [0.15, 0.2) is 18.2 Å². The van der Waals surface area contributed by atoms with Gasteiger partial charge in [0.25, 0.3) is 0 Å². The summed E-state index contributed by atoms with van der Waals surface area (Å²) in [6, 6.07) is 4.52. The lowest BCUT2D eigenvalue weighted by Crippen LogP contribution is -2.35. The third kappa shape index (κ3) is 3.21. The van der Waals surface area contributed by atoms with Crippen molar-refractivity contribution in [2.24, 2.45) is 0 Å². The highest BCUT2D eigenvalue weighted by Gasteiger charge is 2.12. The minimum atomic E-state index is -0.951. The first-order valence-electron chi connectivity index (χ1n) is 5.27. The molecule has 0 aromatic heterocycles. The molecule has 5 heteroatoms. The Bertz CT molecular complexity index is 443. The normalized spacial score (nSPS) is 11.7. The second kappa shape index (κ2) is 5.34. The van der Waals surface area contributed by atoms with Crippen molar-refractivity contribution >= 4 is 17.6 Å². The van der Waals surface area contributed by atoms with Crippen LogP contribution in [0.5, 0.6) is 0 Å². The van der Waals surface area contributed by atoms with Crippen LogP contribution in [0, 0.1) is 6.92 Å². The van der Waals surface area contributed by atoms with E-state index in [9.17, 15) is 9.59 Å². The number of anilines is 1. The maximum atomic E-state index is 11.3. The van der Waals surface area contributed by atoms with Crippen LogP contribution in [0.25, 0.3) is 0 Å². The Labute approximate surface area is 99.8 Å². The van der Waals surface area contributed by atoms with Gasteiger partial charge in [0, 0.05) is 12.7 Å². The highest BCUT2D eigenvalue weighted by Crippen LogP contribution is 2.16. The molecule has 0 saturated heterocycles. The average Bonchev–Trinajstić information content (AvgIpc) is 2.27. The van der Waals surface area contributed by atoms with E-state index in [1.165, 1.54) is 6.07 Å². The number of carboxylic acid groups (broad SMARTS) is 1. The largest absolute Gasteiger partial charge is 0.478 e. The number of hydrogen-bond acceptors (Lipinski definition) is 3. The molecule has 0 radical (unpaired) electrons. The van der Waals surface area contributed by atoms with Gasteiger partial charge in [-0.1, -0.05) is 0 Å². The number of rotatable bonds is 4. The van der Waals surface area contributed by atoms with E-state index in [1.807, 2.05) is 0 Å². The summed E-state index contributed by atoms with van der Waals surface area (Å²) in [7, 11) is 1.57. The zero-order chi connectivity index (χ0) is 13.0. The molecule has 1 unspecified atom stereocenters. The fourth-order valence-corrected chi connectivity index (χ4v) is 1.53. The molecule has 17 heavy (non-hydrogen) atoms. The van der Waals surface area contributed by atoms with Gasteiger partial charge < -0.3 is 15.7 Å². The standard InChI is InChI=1S/C12H16N2O3/c1-7-6-9(4-5-10(7)12(16)17)14-8(2)11(15)13-3/h4-6,8,14H,1-3H3,(H,13,15)(H,16,17). The Kier molecular flexibility index (Phi) is 4.09. The molecule has 0 saturated carbocycles. The van der Waals surface area contributed by atoms with Gasteiger partial charge in [-0.05, 0) is 37.6 Å². The summed E-state index contributed by atoms with van der Waals surface area (Å²) in [6.07, 6.45) is 0. The lowest BCUT2D eigenvalue weighted by atomic mass is 10.1. The van der Waals surface area contributed by atoms with Crippen molar-refractivity contribution < 1.29 is 14.7 Å². The van der Waals surface area contributed by atoms with E-state index in [2.05, 4.69) is 10.6 Å². The van der Waals surface area contributed by atoms with E-state index in [1.54, 1.807) is 33.0 Å². The van der Waals surface area contributed by atoms with Gasteiger partial charge >= 0.3 is 5.97 Å². The molecular weight excluding hydrogens is 220 g/mol. The third-order valence-electron chi connectivity index (χ3n) is 2.48. The zero-order valence-corrected chi connectivity index (χ0v) is 10.1. The van der Waals surface area contributed by atoms with Crippen LogP contribution in [0.4, 0.5) is 5.69 Å². The molecule has 1 amide bonds. The summed E-state index contributed by atoms with van der Waals surface area (Å²) in [6.45, 7) is 3.46. The van der Waals surface area contributed by atoms with Crippen LogP contribution in [0.1, 0.15) is 22.8 Å². The lowest BCUT2D eigenvalue weighted by Gasteiger charge is -2.14. The third-order valence-corrected chi connectivity index (χ3v) is 2.48. The van der Waals surface area contributed by atoms with Crippen molar-refractivity contribution in [3.05, 3.63) is 29.3 Å². The molecule has 3 N–H and O–H groups in total. The molecule has 0 spiro atoms. The molecule has 1 aromatic rings. The number of aromatic carboxylic acids is 1. The lowest BCUT2D eigenvalue weighted by molar-refractivity contribution is -0.121. The Morgan fingerprint density at radius 2 is 2.00 bits per heavy atom. The summed E-state index contributed by atoms with van der Waals surface area (Å²) >= 11 is 0. The van der Waals surface area contributed by atoms with E-state index in [4.69, 9.17) is 5.11 Å². The van der Waals surface area contributed by atoms with Crippen molar-refractivity contribution in [1.29, 1.82) is 0 Å². The van der Waals surface area contributed by atoms with Gasteiger partial charge in [0.15, 0.2) is 0 Å². The molecular formula is C12H16N2O3. The van der Waals surface area contributed by atoms with E-state index in [-0.39, 0.29) is 17.5 Å².